The molecule has 2 rings (SSSR count). The van der Waals surface area contributed by atoms with E-state index in [1.807, 2.05) is 24.3 Å². The fourth-order valence-corrected chi connectivity index (χ4v) is 3.79. The van der Waals surface area contributed by atoms with Crippen LogP contribution in [0.15, 0.2) is 52.5 Å². The van der Waals surface area contributed by atoms with Crippen molar-refractivity contribution in [1.82, 2.24) is 9.73 Å². The zero-order valence-corrected chi connectivity index (χ0v) is 17.7. The van der Waals surface area contributed by atoms with Gasteiger partial charge < -0.3 is 9.47 Å². The normalized spacial score (nSPS) is 11.6. The summed E-state index contributed by atoms with van der Waals surface area (Å²) >= 11 is 0. The van der Waals surface area contributed by atoms with Gasteiger partial charge in [-0.05, 0) is 29.7 Å². The summed E-state index contributed by atoms with van der Waals surface area (Å²) in [6, 6.07) is 12.2. The van der Waals surface area contributed by atoms with E-state index in [2.05, 4.69) is 17.5 Å². The summed E-state index contributed by atoms with van der Waals surface area (Å²) in [7, 11) is 0.132. The Labute approximate surface area is 171 Å². The Kier molecular flexibility index (Phi) is 7.74. The van der Waals surface area contributed by atoms with E-state index in [9.17, 15) is 13.2 Å². The van der Waals surface area contributed by atoms with Crippen LogP contribution in [0.1, 0.15) is 18.1 Å². The average Bonchev–Trinajstić information content (AvgIpc) is 2.73. The molecule has 0 atom stereocenters. The SMILES string of the molecule is CCc1ccc(/C=N/NC(=O)CN(C)S(=O)(=O)c2cc(OC)ccc2OC)cc1. The molecule has 0 saturated carbocycles. The summed E-state index contributed by atoms with van der Waals surface area (Å²) in [6.45, 7) is 1.66. The van der Waals surface area contributed by atoms with E-state index in [1.165, 1.54) is 45.2 Å². The molecule has 0 unspecified atom stereocenters. The minimum atomic E-state index is -3.98. The van der Waals surface area contributed by atoms with Crippen molar-refractivity contribution >= 4 is 22.1 Å². The average molecular weight is 420 g/mol. The molecule has 8 nitrogen and oxygen atoms in total. The number of ether oxygens (including phenoxy) is 2. The predicted octanol–water partition coefficient (Wildman–Crippen LogP) is 2.04. The van der Waals surface area contributed by atoms with Crippen molar-refractivity contribution in [1.29, 1.82) is 0 Å². The third-order valence-electron chi connectivity index (χ3n) is 4.22. The Hall–Kier alpha value is -2.91. The maximum Gasteiger partial charge on any atom is 0.255 e. The molecule has 1 N–H and O–H groups in total. The highest BCUT2D eigenvalue weighted by atomic mass is 32.2. The Balaban J connectivity index is 2.05. The van der Waals surface area contributed by atoms with Gasteiger partial charge in [0.1, 0.15) is 16.4 Å². The fourth-order valence-electron chi connectivity index (χ4n) is 2.49. The predicted molar refractivity (Wildman–Crippen MR) is 111 cm³/mol. The Morgan fingerprint density at radius 1 is 1.14 bits per heavy atom. The van der Waals surface area contributed by atoms with E-state index in [4.69, 9.17) is 9.47 Å². The molecule has 0 radical (unpaired) electrons. The lowest BCUT2D eigenvalue weighted by atomic mass is 10.1. The number of carbonyl (C=O) groups excluding carboxylic acids is 1. The van der Waals surface area contributed by atoms with Crippen LogP contribution in [0.2, 0.25) is 0 Å². The number of aryl methyl sites for hydroxylation is 1. The van der Waals surface area contributed by atoms with Gasteiger partial charge in [0.25, 0.3) is 5.91 Å². The number of nitrogens with one attached hydrogen (secondary N) is 1. The monoisotopic (exact) mass is 419 g/mol. The number of benzene rings is 2. The van der Waals surface area contributed by atoms with E-state index < -0.39 is 22.5 Å². The highest BCUT2D eigenvalue weighted by Gasteiger charge is 2.27. The quantitative estimate of drug-likeness (QED) is 0.496. The number of likely N-dealkylation sites (N-methyl/N-ethyl adjacent to an activating group) is 1. The third kappa shape index (κ3) is 5.78. The minimum absolute atomic E-state index is 0.0887. The van der Waals surface area contributed by atoms with Crippen molar-refractivity contribution in [3.05, 3.63) is 53.6 Å². The molecule has 9 heteroatoms. The van der Waals surface area contributed by atoms with Crippen LogP contribution in [0, 0.1) is 0 Å². The molecule has 0 aromatic heterocycles. The van der Waals surface area contributed by atoms with Gasteiger partial charge >= 0.3 is 0 Å². The number of sulfonamides is 1. The number of hydrazone groups is 1. The van der Waals surface area contributed by atoms with Crippen molar-refractivity contribution in [2.24, 2.45) is 5.10 Å². The first kappa shape index (κ1) is 22.4. The molecule has 0 spiro atoms. The summed E-state index contributed by atoms with van der Waals surface area (Å²) in [5, 5.41) is 3.88. The number of nitrogens with zero attached hydrogens (tertiary/aromatic N) is 2. The second-order valence-electron chi connectivity index (χ2n) is 6.17. The largest absolute Gasteiger partial charge is 0.497 e. The van der Waals surface area contributed by atoms with Gasteiger partial charge in [-0.25, -0.2) is 13.8 Å². The topological polar surface area (TPSA) is 97.3 Å². The maximum atomic E-state index is 12.8. The number of amides is 1. The van der Waals surface area contributed by atoms with Gasteiger partial charge in [-0.2, -0.15) is 9.41 Å². The highest BCUT2D eigenvalue weighted by Crippen LogP contribution is 2.30. The van der Waals surface area contributed by atoms with Crippen molar-refractivity contribution in [3.63, 3.8) is 0 Å². The molecule has 0 saturated heterocycles. The lowest BCUT2D eigenvalue weighted by Crippen LogP contribution is -2.36. The lowest BCUT2D eigenvalue weighted by Gasteiger charge is -2.18. The molecule has 29 heavy (non-hydrogen) atoms. The molecule has 0 fully saturated rings. The van der Waals surface area contributed by atoms with Gasteiger partial charge in [0.2, 0.25) is 10.0 Å². The van der Waals surface area contributed by atoms with E-state index in [1.54, 1.807) is 6.07 Å². The minimum Gasteiger partial charge on any atom is -0.497 e. The second-order valence-corrected chi connectivity index (χ2v) is 8.18. The highest BCUT2D eigenvalue weighted by molar-refractivity contribution is 7.89. The molecule has 0 aliphatic rings. The molecule has 1 amide bonds. The maximum absolute atomic E-state index is 12.8. The van der Waals surface area contributed by atoms with Crippen molar-refractivity contribution < 1.29 is 22.7 Å². The van der Waals surface area contributed by atoms with Crippen LogP contribution in [0.3, 0.4) is 0 Å². The summed E-state index contributed by atoms with van der Waals surface area (Å²) in [6.07, 6.45) is 2.43. The standard InChI is InChI=1S/C20H25N3O5S/c1-5-15-6-8-16(9-7-15)13-21-22-20(24)14-23(2)29(25,26)19-12-17(27-3)10-11-18(19)28-4/h6-13H,5,14H2,1-4H3,(H,22,24)/b21-13+. The Morgan fingerprint density at radius 2 is 1.83 bits per heavy atom. The van der Waals surface area contributed by atoms with Gasteiger partial charge in [-0.15, -0.1) is 0 Å². The van der Waals surface area contributed by atoms with Crippen molar-refractivity contribution in [2.45, 2.75) is 18.2 Å². The molecule has 2 aromatic carbocycles. The smallest absolute Gasteiger partial charge is 0.255 e. The summed E-state index contributed by atoms with van der Waals surface area (Å²) < 4.78 is 36.8. The zero-order valence-electron chi connectivity index (χ0n) is 16.9. The summed E-state index contributed by atoms with van der Waals surface area (Å²) in [5.74, 6) is -0.0492. The van der Waals surface area contributed by atoms with E-state index in [0.717, 1.165) is 16.3 Å². The molecule has 0 aliphatic heterocycles. The van der Waals surface area contributed by atoms with E-state index >= 15 is 0 Å². The van der Waals surface area contributed by atoms with Crippen LogP contribution in [-0.4, -0.2) is 52.7 Å². The van der Waals surface area contributed by atoms with Crippen LogP contribution in [0.25, 0.3) is 0 Å². The van der Waals surface area contributed by atoms with Crippen molar-refractivity contribution in [2.75, 3.05) is 27.8 Å². The number of carbonyl (C=O) groups is 1. The summed E-state index contributed by atoms with van der Waals surface area (Å²) in [5.41, 5.74) is 4.36. The Morgan fingerprint density at radius 3 is 2.41 bits per heavy atom. The molecule has 0 heterocycles. The van der Waals surface area contributed by atoms with Gasteiger partial charge in [0, 0.05) is 13.1 Å². The van der Waals surface area contributed by atoms with Crippen molar-refractivity contribution in [3.8, 4) is 11.5 Å². The zero-order chi connectivity index (χ0) is 21.4. The number of hydrogen-bond donors (Lipinski definition) is 1. The first-order valence-electron chi connectivity index (χ1n) is 8.91. The molecular formula is C20H25N3O5S. The molecule has 0 aliphatic carbocycles. The van der Waals surface area contributed by atoms with Gasteiger partial charge in [0.15, 0.2) is 0 Å². The van der Waals surface area contributed by atoms with Crippen LogP contribution in [0.5, 0.6) is 11.5 Å². The van der Waals surface area contributed by atoms with Gasteiger partial charge in [0.05, 0.1) is 27.0 Å². The van der Waals surface area contributed by atoms with Crippen LogP contribution < -0.4 is 14.9 Å². The molecule has 0 bridgehead atoms. The van der Waals surface area contributed by atoms with Crippen LogP contribution in [0.4, 0.5) is 0 Å². The van der Waals surface area contributed by atoms with Crippen LogP contribution in [-0.2, 0) is 21.2 Å². The lowest BCUT2D eigenvalue weighted by molar-refractivity contribution is -0.121. The molecular weight excluding hydrogens is 394 g/mol. The van der Waals surface area contributed by atoms with Crippen LogP contribution >= 0.6 is 0 Å². The van der Waals surface area contributed by atoms with Gasteiger partial charge in [-0.3, -0.25) is 4.79 Å². The number of methoxy groups -OCH3 is 2. The number of hydrogen-bond acceptors (Lipinski definition) is 6. The molecule has 2 aromatic rings. The second kappa shape index (κ2) is 10.0. The molecule has 156 valence electrons. The first-order valence-corrected chi connectivity index (χ1v) is 10.3. The number of rotatable bonds is 9. The van der Waals surface area contributed by atoms with E-state index in [0.29, 0.717) is 5.75 Å². The summed E-state index contributed by atoms with van der Waals surface area (Å²) in [4.78, 5) is 12.0. The third-order valence-corrected chi connectivity index (χ3v) is 6.04. The first-order chi connectivity index (χ1) is 13.8. The van der Waals surface area contributed by atoms with E-state index in [-0.39, 0.29) is 10.6 Å². The van der Waals surface area contributed by atoms with Gasteiger partial charge in [-0.1, -0.05) is 31.2 Å². The Bertz CT molecular complexity index is 972. The fraction of sp³-hybridized carbons (Fsp3) is 0.300.